The Bertz CT molecular complexity index is 1110. The average Bonchev–Trinajstić information content (AvgIpc) is 2.71. The van der Waals surface area contributed by atoms with E-state index in [1.807, 2.05) is 41.3 Å². The maximum atomic E-state index is 13.3. The molecule has 0 bridgehead atoms. The van der Waals surface area contributed by atoms with Crippen LogP contribution in [0.4, 0.5) is 0 Å². The second-order valence-electron chi connectivity index (χ2n) is 7.77. The zero-order chi connectivity index (χ0) is 19.8. The molecule has 29 heavy (non-hydrogen) atoms. The molecule has 3 aromatic rings. The van der Waals surface area contributed by atoms with Crippen molar-refractivity contribution in [1.82, 2.24) is 9.88 Å². The van der Waals surface area contributed by atoms with Crippen molar-refractivity contribution >= 4 is 28.5 Å². The third-order valence-corrected chi connectivity index (χ3v) is 5.98. The van der Waals surface area contributed by atoms with Crippen LogP contribution in [0.5, 0.6) is 5.75 Å². The number of ether oxygens (including phenoxy) is 1. The van der Waals surface area contributed by atoms with Crippen molar-refractivity contribution in [2.45, 2.75) is 25.7 Å². The van der Waals surface area contributed by atoms with Crippen molar-refractivity contribution in [2.75, 3.05) is 20.2 Å². The zero-order valence-electron chi connectivity index (χ0n) is 16.6. The van der Waals surface area contributed by atoms with Crippen molar-refractivity contribution in [3.8, 4) is 5.75 Å². The normalized spacial score (nSPS) is 17.1. The third kappa shape index (κ3) is 3.19. The van der Waals surface area contributed by atoms with Crippen molar-refractivity contribution < 1.29 is 9.53 Å². The molecule has 0 unspecified atom stereocenters. The van der Waals surface area contributed by atoms with Crippen LogP contribution in [0.15, 0.2) is 48.5 Å². The van der Waals surface area contributed by atoms with Crippen molar-refractivity contribution in [1.29, 1.82) is 0 Å². The molecule has 0 saturated carbocycles. The van der Waals surface area contributed by atoms with E-state index in [0.717, 1.165) is 77.8 Å². The fraction of sp³-hybridized carbons (Fsp3) is 0.280. The molecule has 2 heterocycles. The molecule has 4 nitrogen and oxygen atoms in total. The summed E-state index contributed by atoms with van der Waals surface area (Å²) in [6.07, 6.45) is 6.22. The largest absolute Gasteiger partial charge is 0.497 e. The van der Waals surface area contributed by atoms with Gasteiger partial charge >= 0.3 is 0 Å². The summed E-state index contributed by atoms with van der Waals surface area (Å²) in [7, 11) is 1.68. The van der Waals surface area contributed by atoms with E-state index in [1.54, 1.807) is 7.11 Å². The Labute approximate surface area is 170 Å². The summed E-state index contributed by atoms with van der Waals surface area (Å²) in [5.41, 5.74) is 6.21. The molecule has 4 heteroatoms. The van der Waals surface area contributed by atoms with E-state index < -0.39 is 0 Å². The van der Waals surface area contributed by atoms with Crippen LogP contribution in [0.25, 0.3) is 22.6 Å². The molecule has 0 N–H and O–H groups in total. The van der Waals surface area contributed by atoms with Gasteiger partial charge in [0.15, 0.2) is 0 Å². The van der Waals surface area contributed by atoms with E-state index >= 15 is 0 Å². The number of carbonyl (C=O) groups excluding carboxylic acids is 1. The van der Waals surface area contributed by atoms with Gasteiger partial charge in [0.2, 0.25) is 0 Å². The SMILES string of the molecule is COc1ccc(/C=C2\CCCc3c2nc2ccccc2c3C(=O)N2CCC2)cc1. The fourth-order valence-corrected chi connectivity index (χ4v) is 4.30. The Hall–Kier alpha value is -3.14. The summed E-state index contributed by atoms with van der Waals surface area (Å²) in [5, 5.41) is 0.980. The number of aromatic nitrogens is 1. The minimum absolute atomic E-state index is 0.164. The number of nitrogens with zero attached hydrogens (tertiary/aromatic N) is 2. The minimum atomic E-state index is 0.164. The van der Waals surface area contributed by atoms with Gasteiger partial charge in [-0.15, -0.1) is 0 Å². The van der Waals surface area contributed by atoms with Crippen LogP contribution in [0.1, 0.15) is 46.4 Å². The van der Waals surface area contributed by atoms with Crippen LogP contribution in [-0.2, 0) is 6.42 Å². The van der Waals surface area contributed by atoms with E-state index in [4.69, 9.17) is 9.72 Å². The van der Waals surface area contributed by atoms with E-state index in [9.17, 15) is 4.79 Å². The highest BCUT2D eigenvalue weighted by molar-refractivity contribution is 6.09. The molecule has 2 aromatic carbocycles. The Morgan fingerprint density at radius 3 is 2.55 bits per heavy atom. The van der Waals surface area contributed by atoms with E-state index in [2.05, 4.69) is 18.2 Å². The zero-order valence-corrected chi connectivity index (χ0v) is 16.6. The molecule has 1 aliphatic carbocycles. The number of rotatable bonds is 3. The number of hydrogen-bond acceptors (Lipinski definition) is 3. The lowest BCUT2D eigenvalue weighted by atomic mass is 9.85. The predicted octanol–water partition coefficient (Wildman–Crippen LogP) is 4.97. The summed E-state index contributed by atoms with van der Waals surface area (Å²) in [6, 6.07) is 16.1. The minimum Gasteiger partial charge on any atom is -0.497 e. The predicted molar refractivity (Wildman–Crippen MR) is 116 cm³/mol. The van der Waals surface area contributed by atoms with Gasteiger partial charge in [-0.25, -0.2) is 4.98 Å². The number of carbonyl (C=O) groups is 1. The van der Waals surface area contributed by atoms with Crippen LogP contribution >= 0.6 is 0 Å². The molecule has 1 amide bonds. The van der Waals surface area contributed by atoms with Crippen LogP contribution in [0.3, 0.4) is 0 Å². The molecule has 5 rings (SSSR count). The number of hydrogen-bond donors (Lipinski definition) is 0. The van der Waals surface area contributed by atoms with Gasteiger partial charge < -0.3 is 9.64 Å². The van der Waals surface area contributed by atoms with Gasteiger partial charge in [0.25, 0.3) is 5.91 Å². The van der Waals surface area contributed by atoms with Crippen molar-refractivity contribution in [2.24, 2.45) is 0 Å². The maximum Gasteiger partial charge on any atom is 0.254 e. The van der Waals surface area contributed by atoms with E-state index in [1.165, 1.54) is 5.57 Å². The van der Waals surface area contributed by atoms with Gasteiger partial charge in [0, 0.05) is 18.5 Å². The molecule has 1 aliphatic heterocycles. The molecule has 2 aliphatic rings. The second kappa shape index (κ2) is 7.36. The van der Waals surface area contributed by atoms with E-state index in [-0.39, 0.29) is 5.91 Å². The molecular formula is C25H24N2O2. The first-order chi connectivity index (χ1) is 14.2. The summed E-state index contributed by atoms with van der Waals surface area (Å²) < 4.78 is 5.27. The lowest BCUT2D eigenvalue weighted by Gasteiger charge is -2.33. The van der Waals surface area contributed by atoms with Crippen LogP contribution in [0.2, 0.25) is 0 Å². The maximum absolute atomic E-state index is 13.3. The van der Waals surface area contributed by atoms with Gasteiger partial charge in [0.05, 0.1) is 23.9 Å². The monoisotopic (exact) mass is 384 g/mol. The number of allylic oxidation sites excluding steroid dienone is 1. The van der Waals surface area contributed by atoms with Gasteiger partial charge in [-0.3, -0.25) is 4.79 Å². The third-order valence-electron chi connectivity index (χ3n) is 5.98. The average molecular weight is 384 g/mol. The number of fused-ring (bicyclic) bond motifs is 2. The highest BCUT2D eigenvalue weighted by atomic mass is 16.5. The quantitative estimate of drug-likeness (QED) is 0.640. The van der Waals surface area contributed by atoms with Crippen LogP contribution in [-0.4, -0.2) is 36.0 Å². The first-order valence-corrected chi connectivity index (χ1v) is 10.3. The first-order valence-electron chi connectivity index (χ1n) is 10.3. The van der Waals surface area contributed by atoms with Crippen LogP contribution in [0, 0.1) is 0 Å². The number of benzene rings is 2. The molecule has 1 aromatic heterocycles. The number of methoxy groups -OCH3 is 1. The summed E-state index contributed by atoms with van der Waals surface area (Å²) in [4.78, 5) is 20.3. The smallest absolute Gasteiger partial charge is 0.254 e. The van der Waals surface area contributed by atoms with Crippen molar-refractivity contribution in [3.63, 3.8) is 0 Å². The first kappa shape index (κ1) is 17.9. The number of pyridine rings is 1. The lowest BCUT2D eigenvalue weighted by Crippen LogP contribution is -2.42. The molecule has 1 fully saturated rings. The second-order valence-corrected chi connectivity index (χ2v) is 7.77. The van der Waals surface area contributed by atoms with Crippen molar-refractivity contribution in [3.05, 3.63) is 70.9 Å². The molecular weight excluding hydrogens is 360 g/mol. The van der Waals surface area contributed by atoms with Crippen LogP contribution < -0.4 is 4.74 Å². The molecule has 0 radical (unpaired) electrons. The standard InChI is InChI=1S/C25H24N2O2/c1-29-19-12-10-17(11-13-19)16-18-6-4-8-21-23(25(28)27-14-5-15-27)20-7-2-3-9-22(20)26-24(18)21/h2-3,7,9-13,16H,4-6,8,14-15H2,1H3/b18-16+. The lowest BCUT2D eigenvalue weighted by molar-refractivity contribution is 0.0652. The molecule has 0 spiro atoms. The number of amides is 1. The Kier molecular flexibility index (Phi) is 4.55. The molecule has 146 valence electrons. The molecule has 0 atom stereocenters. The Morgan fingerprint density at radius 1 is 1.03 bits per heavy atom. The Morgan fingerprint density at radius 2 is 1.83 bits per heavy atom. The summed E-state index contributed by atoms with van der Waals surface area (Å²) in [6.45, 7) is 1.72. The number of likely N-dealkylation sites (tertiary alicyclic amines) is 1. The molecule has 1 saturated heterocycles. The van der Waals surface area contributed by atoms with Gasteiger partial charge in [0.1, 0.15) is 5.75 Å². The summed E-state index contributed by atoms with van der Waals surface area (Å²) >= 11 is 0. The summed E-state index contributed by atoms with van der Waals surface area (Å²) in [5.74, 6) is 1.01. The van der Waals surface area contributed by atoms with Gasteiger partial charge in [-0.2, -0.15) is 0 Å². The number of para-hydroxylation sites is 1. The highest BCUT2D eigenvalue weighted by Crippen LogP contribution is 2.37. The van der Waals surface area contributed by atoms with Gasteiger partial charge in [-0.1, -0.05) is 30.3 Å². The topological polar surface area (TPSA) is 42.4 Å². The highest BCUT2D eigenvalue weighted by Gasteiger charge is 2.29. The van der Waals surface area contributed by atoms with E-state index in [0.29, 0.717) is 0 Å². The van der Waals surface area contributed by atoms with Gasteiger partial charge in [-0.05, 0) is 66.7 Å². The Balaban J connectivity index is 1.66. The fourth-order valence-electron chi connectivity index (χ4n) is 4.30.